The van der Waals surface area contributed by atoms with Crippen molar-refractivity contribution in [2.75, 3.05) is 5.73 Å². The Hall–Kier alpha value is -1.50. The fourth-order valence-electron chi connectivity index (χ4n) is 1.07. The van der Waals surface area contributed by atoms with Crippen LogP contribution in [-0.2, 0) is 0 Å². The number of hydrogen-bond donors (Lipinski definition) is 1. The largest absolute Gasteiger partial charge is 0.396 e. The molecule has 4 heteroatoms. The molecule has 2 N–H and O–H groups in total. The predicted octanol–water partition coefficient (Wildman–Crippen LogP) is 1.25. The van der Waals surface area contributed by atoms with Crippen LogP contribution >= 0.6 is 0 Å². The summed E-state index contributed by atoms with van der Waals surface area (Å²) in [6.45, 7) is 3.81. The lowest BCUT2D eigenvalue weighted by molar-refractivity contribution is 0.522. The van der Waals surface area contributed by atoms with Crippen molar-refractivity contribution >= 4 is 5.69 Å². The number of nitrogens with zero attached hydrogens (tertiary/aromatic N) is 3. The van der Waals surface area contributed by atoms with E-state index in [9.17, 15) is 0 Å². The van der Waals surface area contributed by atoms with E-state index in [1.807, 2.05) is 13.8 Å². The molecule has 12 heavy (non-hydrogen) atoms. The lowest BCUT2D eigenvalue weighted by Crippen LogP contribution is -2.09. The standard InChI is InChI=1S/C8H12N4/c1-3-7(4-9)12-6(2)8(10)5-11-12/h5,7H,3,10H2,1-2H3. The third-order valence-electron chi connectivity index (χ3n) is 1.91. The van der Waals surface area contributed by atoms with Crippen LogP contribution in [0.4, 0.5) is 5.69 Å². The Labute approximate surface area is 71.6 Å². The first-order valence-corrected chi connectivity index (χ1v) is 3.89. The second-order valence-corrected chi connectivity index (χ2v) is 2.68. The average Bonchev–Trinajstić information content (AvgIpc) is 2.38. The third-order valence-corrected chi connectivity index (χ3v) is 1.91. The number of nitrogen functional groups attached to an aromatic ring is 1. The van der Waals surface area contributed by atoms with E-state index in [-0.39, 0.29) is 6.04 Å². The zero-order valence-corrected chi connectivity index (χ0v) is 7.28. The summed E-state index contributed by atoms with van der Waals surface area (Å²) in [5, 5.41) is 12.8. The predicted molar refractivity (Wildman–Crippen MR) is 46.3 cm³/mol. The molecule has 1 aromatic rings. The maximum Gasteiger partial charge on any atom is 0.138 e. The molecule has 0 aliphatic carbocycles. The molecule has 64 valence electrons. The van der Waals surface area contributed by atoms with Gasteiger partial charge in [0.05, 0.1) is 23.6 Å². The summed E-state index contributed by atoms with van der Waals surface area (Å²) in [5.74, 6) is 0. The minimum atomic E-state index is -0.192. The van der Waals surface area contributed by atoms with Crippen LogP contribution in [0.25, 0.3) is 0 Å². The van der Waals surface area contributed by atoms with Crippen LogP contribution in [0.3, 0.4) is 0 Å². The molecule has 1 heterocycles. The fourth-order valence-corrected chi connectivity index (χ4v) is 1.07. The van der Waals surface area contributed by atoms with E-state index in [0.29, 0.717) is 5.69 Å². The highest BCUT2D eigenvalue weighted by Gasteiger charge is 2.11. The van der Waals surface area contributed by atoms with Crippen LogP contribution in [0, 0.1) is 18.3 Å². The topological polar surface area (TPSA) is 67.6 Å². The van der Waals surface area contributed by atoms with E-state index < -0.39 is 0 Å². The van der Waals surface area contributed by atoms with E-state index in [2.05, 4.69) is 11.2 Å². The van der Waals surface area contributed by atoms with Gasteiger partial charge < -0.3 is 5.73 Å². The Morgan fingerprint density at radius 2 is 2.50 bits per heavy atom. The molecule has 0 aliphatic heterocycles. The Bertz CT molecular complexity index is 307. The quantitative estimate of drug-likeness (QED) is 0.715. The maximum absolute atomic E-state index is 8.76. The molecular weight excluding hydrogens is 152 g/mol. The van der Waals surface area contributed by atoms with E-state index in [1.54, 1.807) is 10.9 Å². The molecule has 1 aromatic heterocycles. The van der Waals surface area contributed by atoms with Crippen molar-refractivity contribution in [3.8, 4) is 6.07 Å². The summed E-state index contributed by atoms with van der Waals surface area (Å²) in [4.78, 5) is 0. The van der Waals surface area contributed by atoms with Crippen molar-refractivity contribution < 1.29 is 0 Å². The Kier molecular flexibility index (Phi) is 2.34. The Morgan fingerprint density at radius 1 is 1.83 bits per heavy atom. The first-order chi connectivity index (χ1) is 5.70. The third kappa shape index (κ3) is 1.26. The van der Waals surface area contributed by atoms with Crippen molar-refractivity contribution in [2.45, 2.75) is 26.3 Å². The highest BCUT2D eigenvalue weighted by Crippen LogP contribution is 2.16. The average molecular weight is 164 g/mol. The van der Waals surface area contributed by atoms with E-state index in [4.69, 9.17) is 11.0 Å². The Morgan fingerprint density at radius 3 is 2.83 bits per heavy atom. The van der Waals surface area contributed by atoms with Gasteiger partial charge in [0, 0.05) is 0 Å². The van der Waals surface area contributed by atoms with Crippen molar-refractivity contribution in [1.82, 2.24) is 9.78 Å². The molecule has 0 saturated heterocycles. The van der Waals surface area contributed by atoms with Gasteiger partial charge >= 0.3 is 0 Å². The lowest BCUT2D eigenvalue weighted by atomic mass is 10.2. The second kappa shape index (κ2) is 3.26. The van der Waals surface area contributed by atoms with Gasteiger partial charge in [0.25, 0.3) is 0 Å². The van der Waals surface area contributed by atoms with Gasteiger partial charge in [-0.25, -0.2) is 0 Å². The molecule has 0 fully saturated rings. The summed E-state index contributed by atoms with van der Waals surface area (Å²) >= 11 is 0. The number of aromatic nitrogens is 2. The molecular formula is C8H12N4. The SMILES string of the molecule is CCC(C#N)n1ncc(N)c1C. The van der Waals surface area contributed by atoms with E-state index in [1.165, 1.54) is 0 Å². The van der Waals surface area contributed by atoms with E-state index in [0.717, 1.165) is 12.1 Å². The van der Waals surface area contributed by atoms with Gasteiger partial charge in [0.15, 0.2) is 0 Å². The van der Waals surface area contributed by atoms with Crippen LogP contribution in [-0.4, -0.2) is 9.78 Å². The first-order valence-electron chi connectivity index (χ1n) is 3.89. The van der Waals surface area contributed by atoms with Crippen LogP contribution in [0.2, 0.25) is 0 Å². The van der Waals surface area contributed by atoms with Crippen molar-refractivity contribution in [3.63, 3.8) is 0 Å². The molecule has 4 nitrogen and oxygen atoms in total. The molecule has 0 aliphatic rings. The summed E-state index contributed by atoms with van der Waals surface area (Å²) < 4.78 is 1.66. The Balaban J connectivity index is 3.03. The number of nitrogens with two attached hydrogens (primary N) is 1. The normalized spacial score (nSPS) is 12.4. The number of anilines is 1. The minimum Gasteiger partial charge on any atom is -0.396 e. The highest BCUT2D eigenvalue weighted by molar-refractivity contribution is 5.40. The second-order valence-electron chi connectivity index (χ2n) is 2.68. The zero-order valence-electron chi connectivity index (χ0n) is 7.28. The molecule has 0 bridgehead atoms. The summed E-state index contributed by atoms with van der Waals surface area (Å²) in [7, 11) is 0. The molecule has 1 rings (SSSR count). The number of rotatable bonds is 2. The van der Waals surface area contributed by atoms with Crippen molar-refractivity contribution in [3.05, 3.63) is 11.9 Å². The zero-order chi connectivity index (χ0) is 9.14. The maximum atomic E-state index is 8.76. The monoisotopic (exact) mass is 164 g/mol. The molecule has 0 spiro atoms. The minimum absolute atomic E-state index is 0.192. The fraction of sp³-hybridized carbons (Fsp3) is 0.500. The van der Waals surface area contributed by atoms with Gasteiger partial charge in [-0.15, -0.1) is 0 Å². The van der Waals surface area contributed by atoms with Crippen molar-refractivity contribution in [1.29, 1.82) is 5.26 Å². The molecule has 1 atom stereocenters. The van der Waals surface area contributed by atoms with E-state index >= 15 is 0 Å². The van der Waals surface area contributed by atoms with Crippen LogP contribution in [0.1, 0.15) is 25.1 Å². The molecule has 0 radical (unpaired) electrons. The van der Waals surface area contributed by atoms with Gasteiger partial charge in [-0.1, -0.05) is 6.92 Å². The van der Waals surface area contributed by atoms with Crippen LogP contribution in [0.5, 0.6) is 0 Å². The van der Waals surface area contributed by atoms with Gasteiger partial charge in [0.2, 0.25) is 0 Å². The summed E-state index contributed by atoms with van der Waals surface area (Å²) in [5.41, 5.74) is 7.10. The van der Waals surface area contributed by atoms with Gasteiger partial charge in [-0.3, -0.25) is 4.68 Å². The summed E-state index contributed by atoms with van der Waals surface area (Å²) in [6, 6.07) is 1.97. The van der Waals surface area contributed by atoms with Gasteiger partial charge in [-0.05, 0) is 13.3 Å². The number of hydrogen-bond acceptors (Lipinski definition) is 3. The van der Waals surface area contributed by atoms with Gasteiger partial charge in [-0.2, -0.15) is 10.4 Å². The molecule has 1 unspecified atom stereocenters. The van der Waals surface area contributed by atoms with Crippen LogP contribution < -0.4 is 5.73 Å². The van der Waals surface area contributed by atoms with Crippen molar-refractivity contribution in [2.24, 2.45) is 0 Å². The number of nitriles is 1. The highest BCUT2D eigenvalue weighted by atomic mass is 15.3. The molecule has 0 aromatic carbocycles. The first kappa shape index (κ1) is 8.60. The molecule has 0 saturated carbocycles. The summed E-state index contributed by atoms with van der Waals surface area (Å²) in [6.07, 6.45) is 2.33. The molecule has 0 amide bonds. The lowest BCUT2D eigenvalue weighted by Gasteiger charge is -2.08. The smallest absolute Gasteiger partial charge is 0.138 e. The van der Waals surface area contributed by atoms with Crippen LogP contribution in [0.15, 0.2) is 6.20 Å². The van der Waals surface area contributed by atoms with Gasteiger partial charge in [0.1, 0.15) is 6.04 Å².